The van der Waals surface area contributed by atoms with Gasteiger partial charge in [0.1, 0.15) is 0 Å². The maximum Gasteiger partial charge on any atom is 2.00 e. The fourth-order valence-electron chi connectivity index (χ4n) is 0. The summed E-state index contributed by atoms with van der Waals surface area (Å²) in [6, 6.07) is 0. The van der Waals surface area contributed by atoms with Gasteiger partial charge in [-0.1, -0.05) is 48.9 Å². The Kier molecular flexibility index (Phi) is 255. The number of hydrogen-bond acceptors (Lipinski definition) is 4. The van der Waals surface area contributed by atoms with Gasteiger partial charge in [0.2, 0.25) is 0 Å². The summed E-state index contributed by atoms with van der Waals surface area (Å²) >= 11 is 14.8. The quantitative estimate of drug-likeness (QED) is 0.253. The zero-order valence-electron chi connectivity index (χ0n) is 7.76. The zero-order chi connectivity index (χ0) is 10.8. The molecule has 15 heavy (non-hydrogen) atoms. The molecular formula is C4CoK2N4S4. The number of rotatable bonds is 0. The molecule has 11 heteroatoms. The Hall–Kier alpha value is 2.98. The molecule has 0 aromatic carbocycles. The summed E-state index contributed by atoms with van der Waals surface area (Å²) < 4.78 is 0. The topological polar surface area (TPSA) is 89.2 Å². The molecule has 0 unspecified atom stereocenters. The number of thiocarbonyl (C=S) groups is 4. The summed E-state index contributed by atoms with van der Waals surface area (Å²) in [5.41, 5.74) is 0. The molecule has 0 N–H and O–H groups in total. The SMILES string of the molecule is [Co+2].[K+].[K+].[N-]=C=S.[N-]=C=S.[N-]=C=S.[N-]=C=S. The molecule has 0 aliphatic carbocycles. The van der Waals surface area contributed by atoms with E-state index in [4.69, 9.17) is 21.6 Å². The standard InChI is InChI=1S/4CNS.Co.2K/c4*2-1-3;;;/q4*-1;+2;2*+1. The summed E-state index contributed by atoms with van der Waals surface area (Å²) in [7, 11) is 0. The second-order valence-electron chi connectivity index (χ2n) is 0.365. The molecule has 0 amide bonds. The first kappa shape index (κ1) is 43.0. The summed E-state index contributed by atoms with van der Waals surface area (Å²) in [5, 5.41) is 33.9. The van der Waals surface area contributed by atoms with Gasteiger partial charge in [-0.25, -0.2) is 0 Å². The minimum Gasteiger partial charge on any atom is -0.753 e. The number of hydrogen-bond donors (Lipinski definition) is 0. The largest absolute Gasteiger partial charge is 2.00 e. The minimum absolute atomic E-state index is 0. The van der Waals surface area contributed by atoms with Gasteiger partial charge in [-0.15, -0.1) is 0 Å². The molecule has 0 saturated carbocycles. The van der Waals surface area contributed by atoms with Crippen molar-refractivity contribution in [2.45, 2.75) is 0 Å². The van der Waals surface area contributed by atoms with Gasteiger partial charge in [0.15, 0.2) is 0 Å². The van der Waals surface area contributed by atoms with E-state index in [9.17, 15) is 0 Å². The van der Waals surface area contributed by atoms with Crippen molar-refractivity contribution in [3.63, 3.8) is 0 Å². The van der Waals surface area contributed by atoms with Crippen LogP contribution in [0.5, 0.6) is 0 Å². The first-order valence-corrected chi connectivity index (χ1v) is 3.34. The van der Waals surface area contributed by atoms with E-state index >= 15 is 0 Å². The fraction of sp³-hybridized carbons (Fsp3) is 0. The molecule has 0 rings (SSSR count). The van der Waals surface area contributed by atoms with Crippen molar-refractivity contribution in [3.8, 4) is 0 Å². The third-order valence-corrected chi connectivity index (χ3v) is 0. The predicted octanol–water partition coefficient (Wildman–Crippen LogP) is -3.36. The Labute approximate surface area is 205 Å². The molecule has 0 heterocycles. The molecule has 0 aliphatic rings. The molecule has 71 valence electrons. The van der Waals surface area contributed by atoms with E-state index in [1.54, 1.807) is 0 Å². The number of nitrogens with zero attached hydrogens (tertiary/aromatic N) is 4. The van der Waals surface area contributed by atoms with Crippen molar-refractivity contribution in [1.82, 2.24) is 0 Å². The van der Waals surface area contributed by atoms with Crippen LogP contribution in [-0.4, -0.2) is 20.6 Å². The number of isothiocyanates is 4. The molecule has 0 fully saturated rings. The Morgan fingerprint density at radius 1 is 0.533 bits per heavy atom. The van der Waals surface area contributed by atoms with Gasteiger partial charge < -0.3 is 21.6 Å². The average Bonchev–Trinajstić information content (AvgIpc) is 1.92. The maximum atomic E-state index is 7.13. The van der Waals surface area contributed by atoms with E-state index in [1.165, 1.54) is 20.6 Å². The van der Waals surface area contributed by atoms with Crippen molar-refractivity contribution in [3.05, 3.63) is 21.6 Å². The van der Waals surface area contributed by atoms with Gasteiger partial charge in [0, 0.05) is 0 Å². The third-order valence-electron chi connectivity index (χ3n) is 0. The van der Waals surface area contributed by atoms with Crippen molar-refractivity contribution >= 4 is 69.5 Å². The summed E-state index contributed by atoms with van der Waals surface area (Å²) in [5.74, 6) is 0. The van der Waals surface area contributed by atoms with Crippen molar-refractivity contribution < 1.29 is 120 Å². The van der Waals surface area contributed by atoms with E-state index in [0.29, 0.717) is 0 Å². The minimum atomic E-state index is 0. The predicted molar refractivity (Wildman–Crippen MR) is 63.8 cm³/mol. The molecule has 0 spiro atoms. The Balaban J connectivity index is -0.0000000107. The third kappa shape index (κ3) is 429. The van der Waals surface area contributed by atoms with Crippen LogP contribution in [0.2, 0.25) is 0 Å². The molecule has 0 saturated heterocycles. The van der Waals surface area contributed by atoms with Gasteiger partial charge in [-0.3, -0.25) is 0 Å². The van der Waals surface area contributed by atoms with Gasteiger partial charge in [0.25, 0.3) is 0 Å². The summed E-state index contributed by atoms with van der Waals surface area (Å²) in [6.45, 7) is 0. The van der Waals surface area contributed by atoms with Crippen LogP contribution in [-0.2, 0) is 16.8 Å². The molecule has 0 atom stereocenters. The molecule has 0 aliphatic heterocycles. The van der Waals surface area contributed by atoms with Crippen LogP contribution in [0.4, 0.5) is 0 Å². The Bertz CT molecular complexity index is 165. The van der Waals surface area contributed by atoms with Crippen LogP contribution in [0.25, 0.3) is 21.6 Å². The van der Waals surface area contributed by atoms with Crippen molar-refractivity contribution in [2.24, 2.45) is 0 Å². The van der Waals surface area contributed by atoms with Crippen LogP contribution in [0.1, 0.15) is 0 Å². The zero-order valence-corrected chi connectivity index (χ0v) is 18.3. The van der Waals surface area contributed by atoms with Gasteiger partial charge in [0.05, 0.1) is 0 Å². The molecule has 0 bridgehead atoms. The maximum absolute atomic E-state index is 7.13. The first-order valence-electron chi connectivity index (χ1n) is 1.71. The summed E-state index contributed by atoms with van der Waals surface area (Å²) in [6.07, 6.45) is 0. The van der Waals surface area contributed by atoms with Crippen LogP contribution in [0, 0.1) is 0 Å². The van der Waals surface area contributed by atoms with Crippen LogP contribution >= 0.6 is 48.9 Å². The van der Waals surface area contributed by atoms with Crippen LogP contribution in [0.15, 0.2) is 0 Å². The normalized spacial score (nSPS) is 2.13. The summed E-state index contributed by atoms with van der Waals surface area (Å²) in [4.78, 5) is 0. The van der Waals surface area contributed by atoms with Crippen LogP contribution in [0.3, 0.4) is 0 Å². The van der Waals surface area contributed by atoms with E-state index in [2.05, 4.69) is 48.9 Å². The Morgan fingerprint density at radius 2 is 0.533 bits per heavy atom. The second-order valence-corrected chi connectivity index (χ2v) is 1.10. The Morgan fingerprint density at radius 3 is 0.533 bits per heavy atom. The van der Waals surface area contributed by atoms with Gasteiger partial charge in [-0.05, 0) is 0 Å². The molecule has 0 aromatic rings. The van der Waals surface area contributed by atoms with E-state index < -0.39 is 0 Å². The molecule has 0 aromatic heterocycles. The molecular weight excluding hydrogens is 369 g/mol. The van der Waals surface area contributed by atoms with E-state index in [0.717, 1.165) is 0 Å². The van der Waals surface area contributed by atoms with Crippen LogP contribution < -0.4 is 103 Å². The van der Waals surface area contributed by atoms with E-state index in [1.807, 2.05) is 0 Å². The van der Waals surface area contributed by atoms with E-state index in [-0.39, 0.29) is 120 Å². The fourth-order valence-corrected chi connectivity index (χ4v) is 0. The van der Waals surface area contributed by atoms with Gasteiger partial charge in [-0.2, -0.15) is 20.6 Å². The second kappa shape index (κ2) is 89.0. The van der Waals surface area contributed by atoms with Crippen molar-refractivity contribution in [1.29, 1.82) is 0 Å². The van der Waals surface area contributed by atoms with Crippen molar-refractivity contribution in [2.75, 3.05) is 0 Å². The molecule has 1 radical (unpaired) electrons. The smallest absolute Gasteiger partial charge is 0.753 e. The van der Waals surface area contributed by atoms with Gasteiger partial charge >= 0.3 is 120 Å². The monoisotopic (exact) mass is 369 g/mol. The molecule has 4 nitrogen and oxygen atoms in total. The first-order chi connectivity index (χ1) is 5.66. The average molecular weight is 369 g/mol.